The van der Waals surface area contributed by atoms with Gasteiger partial charge in [0.2, 0.25) is 0 Å². The highest BCUT2D eigenvalue weighted by Crippen LogP contribution is 2.38. The molecule has 1 aliphatic carbocycles. The van der Waals surface area contributed by atoms with Crippen molar-refractivity contribution < 1.29 is 0 Å². The fraction of sp³-hybridized carbons (Fsp3) is 0.600. The van der Waals surface area contributed by atoms with E-state index in [1.165, 1.54) is 12.8 Å². The van der Waals surface area contributed by atoms with Crippen molar-refractivity contribution in [3.63, 3.8) is 0 Å². The molecule has 1 heterocycles. The molecule has 1 saturated carbocycles. The molecule has 0 atom stereocenters. The summed E-state index contributed by atoms with van der Waals surface area (Å²) in [6, 6.07) is 1.91. The monoisotopic (exact) mass is 207 g/mol. The topological polar surface area (TPSA) is 53.1 Å². The van der Waals surface area contributed by atoms with Gasteiger partial charge < -0.3 is 10.7 Å². The summed E-state index contributed by atoms with van der Waals surface area (Å²) in [5.41, 5.74) is 3.14. The van der Waals surface area contributed by atoms with Crippen LogP contribution >= 0.6 is 0 Å². The minimum absolute atomic E-state index is 0.570. The second-order valence-electron chi connectivity index (χ2n) is 4.03. The van der Waals surface area contributed by atoms with Crippen LogP contribution in [0.2, 0.25) is 0 Å². The number of aromatic nitrogens is 2. The molecule has 1 fully saturated rings. The van der Waals surface area contributed by atoms with Crippen molar-refractivity contribution >= 4 is 11.6 Å². The van der Waals surface area contributed by atoms with E-state index in [0.717, 1.165) is 17.5 Å². The first-order valence-electron chi connectivity index (χ1n) is 5.19. The molecular weight excluding hydrogens is 190 g/mol. The summed E-state index contributed by atoms with van der Waals surface area (Å²) in [6.45, 7) is 0. The molecule has 5 heteroatoms. The first-order valence-corrected chi connectivity index (χ1v) is 5.19. The van der Waals surface area contributed by atoms with Crippen LogP contribution in [0.15, 0.2) is 6.07 Å². The van der Waals surface area contributed by atoms with E-state index in [2.05, 4.69) is 20.7 Å². The first-order chi connectivity index (χ1) is 7.19. The number of hydrazine groups is 1. The molecular formula is C10H17N5. The SMILES string of the molecule is CNc1cc(NN(C)C)nc(C2CC2)n1. The Balaban J connectivity index is 2.24. The van der Waals surface area contributed by atoms with E-state index >= 15 is 0 Å². The summed E-state index contributed by atoms with van der Waals surface area (Å²) >= 11 is 0. The maximum absolute atomic E-state index is 4.48. The molecule has 5 nitrogen and oxygen atoms in total. The molecule has 0 saturated heterocycles. The second-order valence-corrected chi connectivity index (χ2v) is 4.03. The van der Waals surface area contributed by atoms with E-state index < -0.39 is 0 Å². The lowest BCUT2D eigenvalue weighted by Gasteiger charge is -2.14. The number of hydrogen-bond donors (Lipinski definition) is 2. The van der Waals surface area contributed by atoms with Gasteiger partial charge in [0.15, 0.2) is 0 Å². The number of rotatable bonds is 4. The number of hydrogen-bond acceptors (Lipinski definition) is 5. The zero-order valence-corrected chi connectivity index (χ0v) is 9.41. The van der Waals surface area contributed by atoms with Crippen molar-refractivity contribution in [3.05, 3.63) is 11.9 Å². The van der Waals surface area contributed by atoms with Crippen LogP contribution in [-0.2, 0) is 0 Å². The van der Waals surface area contributed by atoms with Gasteiger partial charge in [0.1, 0.15) is 17.5 Å². The molecule has 0 radical (unpaired) electrons. The molecule has 15 heavy (non-hydrogen) atoms. The van der Waals surface area contributed by atoms with Crippen molar-refractivity contribution in [2.45, 2.75) is 18.8 Å². The minimum Gasteiger partial charge on any atom is -0.373 e. The third kappa shape index (κ3) is 2.56. The summed E-state index contributed by atoms with van der Waals surface area (Å²) in [5, 5.41) is 4.93. The summed E-state index contributed by atoms with van der Waals surface area (Å²) in [7, 11) is 5.76. The van der Waals surface area contributed by atoms with E-state index in [0.29, 0.717) is 5.92 Å². The Hall–Kier alpha value is -1.36. The lowest BCUT2D eigenvalue weighted by Crippen LogP contribution is -2.21. The van der Waals surface area contributed by atoms with Crippen LogP contribution < -0.4 is 10.7 Å². The smallest absolute Gasteiger partial charge is 0.146 e. The van der Waals surface area contributed by atoms with E-state index in [1.807, 2.05) is 32.2 Å². The molecule has 2 N–H and O–H groups in total. The molecule has 0 aliphatic heterocycles. The van der Waals surface area contributed by atoms with Gasteiger partial charge in [0.05, 0.1) is 0 Å². The third-order valence-electron chi connectivity index (χ3n) is 2.28. The van der Waals surface area contributed by atoms with Crippen molar-refractivity contribution in [2.24, 2.45) is 0 Å². The Bertz CT molecular complexity index is 346. The van der Waals surface area contributed by atoms with Gasteiger partial charge in [-0.1, -0.05) is 0 Å². The highest BCUT2D eigenvalue weighted by Gasteiger charge is 2.27. The van der Waals surface area contributed by atoms with Gasteiger partial charge in [-0.3, -0.25) is 0 Å². The van der Waals surface area contributed by atoms with Crippen LogP contribution in [-0.4, -0.2) is 36.1 Å². The molecule has 0 spiro atoms. The quantitative estimate of drug-likeness (QED) is 0.728. The van der Waals surface area contributed by atoms with Gasteiger partial charge in [0.25, 0.3) is 0 Å². The molecule has 1 aliphatic rings. The zero-order valence-electron chi connectivity index (χ0n) is 9.41. The van der Waals surface area contributed by atoms with E-state index in [4.69, 9.17) is 0 Å². The Morgan fingerprint density at radius 3 is 2.47 bits per heavy atom. The highest BCUT2D eigenvalue weighted by molar-refractivity contribution is 5.47. The fourth-order valence-corrected chi connectivity index (χ4v) is 1.40. The Kier molecular flexibility index (Phi) is 2.73. The summed E-state index contributed by atoms with van der Waals surface area (Å²) in [6.07, 6.45) is 2.43. The predicted molar refractivity (Wildman–Crippen MR) is 60.9 cm³/mol. The molecule has 0 bridgehead atoms. The molecule has 82 valence electrons. The van der Waals surface area contributed by atoms with Crippen LogP contribution in [0.4, 0.5) is 11.6 Å². The predicted octanol–water partition coefficient (Wildman–Crippen LogP) is 1.28. The number of nitrogens with zero attached hydrogens (tertiary/aromatic N) is 3. The number of nitrogens with one attached hydrogen (secondary N) is 2. The van der Waals surface area contributed by atoms with Gasteiger partial charge in [-0.05, 0) is 12.8 Å². The lowest BCUT2D eigenvalue weighted by atomic mass is 10.4. The first kappa shape index (κ1) is 10.2. The Morgan fingerprint density at radius 2 is 1.93 bits per heavy atom. The normalized spacial score (nSPS) is 15.5. The van der Waals surface area contributed by atoms with Crippen molar-refractivity contribution in [3.8, 4) is 0 Å². The average Bonchev–Trinajstić information content (AvgIpc) is 2.99. The average molecular weight is 207 g/mol. The lowest BCUT2D eigenvalue weighted by molar-refractivity contribution is 0.491. The molecule has 0 unspecified atom stereocenters. The van der Waals surface area contributed by atoms with E-state index in [9.17, 15) is 0 Å². The Morgan fingerprint density at radius 1 is 1.27 bits per heavy atom. The van der Waals surface area contributed by atoms with Crippen LogP contribution in [0.5, 0.6) is 0 Å². The molecule has 1 aromatic heterocycles. The van der Waals surface area contributed by atoms with Crippen LogP contribution in [0.25, 0.3) is 0 Å². The summed E-state index contributed by atoms with van der Waals surface area (Å²) in [4.78, 5) is 8.92. The van der Waals surface area contributed by atoms with Gasteiger partial charge >= 0.3 is 0 Å². The molecule has 0 aromatic carbocycles. The summed E-state index contributed by atoms with van der Waals surface area (Å²) < 4.78 is 0. The van der Waals surface area contributed by atoms with E-state index in [-0.39, 0.29) is 0 Å². The fourth-order valence-electron chi connectivity index (χ4n) is 1.40. The molecule has 2 rings (SSSR count). The standard InChI is InChI=1S/C10H17N5/c1-11-8-6-9(14-15(2)3)13-10(12-8)7-4-5-7/h6-7H,4-5H2,1-3H3,(H2,11,12,13,14). The van der Waals surface area contributed by atoms with Gasteiger partial charge in [-0.2, -0.15) is 0 Å². The van der Waals surface area contributed by atoms with Crippen molar-refractivity contribution in [1.29, 1.82) is 0 Å². The maximum atomic E-state index is 4.48. The van der Waals surface area contributed by atoms with Gasteiger partial charge in [0, 0.05) is 33.1 Å². The minimum atomic E-state index is 0.570. The van der Waals surface area contributed by atoms with Crippen molar-refractivity contribution in [2.75, 3.05) is 31.9 Å². The zero-order chi connectivity index (χ0) is 10.8. The highest BCUT2D eigenvalue weighted by atomic mass is 15.5. The number of anilines is 2. The van der Waals surface area contributed by atoms with Crippen LogP contribution in [0.3, 0.4) is 0 Å². The van der Waals surface area contributed by atoms with Crippen LogP contribution in [0.1, 0.15) is 24.6 Å². The van der Waals surface area contributed by atoms with Gasteiger partial charge in [-0.15, -0.1) is 0 Å². The molecule has 0 amide bonds. The largest absolute Gasteiger partial charge is 0.373 e. The second kappa shape index (κ2) is 4.02. The summed E-state index contributed by atoms with van der Waals surface area (Å²) in [5.74, 6) is 3.24. The van der Waals surface area contributed by atoms with E-state index in [1.54, 1.807) is 0 Å². The maximum Gasteiger partial charge on any atom is 0.146 e. The van der Waals surface area contributed by atoms with Gasteiger partial charge in [-0.25, -0.2) is 15.0 Å². The molecule has 1 aromatic rings. The third-order valence-corrected chi connectivity index (χ3v) is 2.28. The Labute approximate surface area is 89.9 Å². The van der Waals surface area contributed by atoms with Crippen LogP contribution in [0, 0.1) is 0 Å². The van der Waals surface area contributed by atoms with Crippen molar-refractivity contribution in [1.82, 2.24) is 15.0 Å².